The molecule has 4 aromatic carbocycles. The number of hydrogen-bond donors (Lipinski definition) is 3. The minimum Gasteiger partial charge on any atom is -0.494 e. The van der Waals surface area contributed by atoms with Gasteiger partial charge in [0.25, 0.3) is 11.8 Å². The van der Waals surface area contributed by atoms with Crippen molar-refractivity contribution < 1.29 is 19.1 Å². The number of aromatic nitrogens is 1. The number of nitrogens with zero attached hydrogens (tertiary/aromatic N) is 1. The minimum atomic E-state index is -0.472. The van der Waals surface area contributed by atoms with E-state index in [1.807, 2.05) is 61.5 Å². The Bertz CT molecular complexity index is 1870. The molecule has 8 nitrogen and oxygen atoms in total. The number of anilines is 2. The fraction of sp³-hybridized carbons (Fsp3) is 0.167. The highest BCUT2D eigenvalue weighted by Gasteiger charge is 2.16. The van der Waals surface area contributed by atoms with Crippen LogP contribution >= 0.6 is 23.1 Å². The molecule has 10 heteroatoms. The Morgan fingerprint density at radius 3 is 2.43 bits per heavy atom. The third-order valence-electron chi connectivity index (χ3n) is 6.82. The number of fused-ring (bicyclic) bond motifs is 1. The van der Waals surface area contributed by atoms with Crippen molar-refractivity contribution >= 4 is 67.9 Å². The zero-order valence-corrected chi connectivity index (χ0v) is 27.3. The van der Waals surface area contributed by atoms with E-state index in [1.54, 1.807) is 48.5 Å². The van der Waals surface area contributed by atoms with Crippen LogP contribution in [0.5, 0.6) is 5.75 Å². The highest BCUT2D eigenvalue weighted by Crippen LogP contribution is 2.30. The highest BCUT2D eigenvalue weighted by molar-refractivity contribution is 8.00. The van der Waals surface area contributed by atoms with Gasteiger partial charge in [-0.25, -0.2) is 4.98 Å². The first kappa shape index (κ1) is 32.5. The van der Waals surface area contributed by atoms with E-state index >= 15 is 0 Å². The lowest BCUT2D eigenvalue weighted by Crippen LogP contribution is -2.30. The molecule has 0 atom stereocenters. The molecule has 0 spiro atoms. The lowest BCUT2D eigenvalue weighted by molar-refractivity contribution is -0.114. The predicted octanol–water partition coefficient (Wildman–Crippen LogP) is 7.96. The summed E-state index contributed by atoms with van der Waals surface area (Å²) in [6.45, 7) is 6.73. The Labute approximate surface area is 276 Å². The number of nitrogens with one attached hydrogen (secondary N) is 3. The average molecular weight is 651 g/mol. The lowest BCUT2D eigenvalue weighted by atomic mass is 10.0. The van der Waals surface area contributed by atoms with Crippen LogP contribution in [-0.4, -0.2) is 35.1 Å². The van der Waals surface area contributed by atoms with Gasteiger partial charge in [-0.05, 0) is 78.6 Å². The van der Waals surface area contributed by atoms with Crippen molar-refractivity contribution in [1.29, 1.82) is 0 Å². The van der Waals surface area contributed by atoms with E-state index in [-0.39, 0.29) is 23.3 Å². The molecule has 0 radical (unpaired) electrons. The molecule has 5 aromatic rings. The van der Waals surface area contributed by atoms with Gasteiger partial charge in [-0.2, -0.15) is 0 Å². The van der Waals surface area contributed by atoms with Gasteiger partial charge < -0.3 is 20.7 Å². The van der Waals surface area contributed by atoms with Crippen molar-refractivity contribution in [2.75, 3.05) is 23.0 Å². The number of benzene rings is 4. The number of hydrogen-bond acceptors (Lipinski definition) is 7. The Kier molecular flexibility index (Phi) is 10.9. The van der Waals surface area contributed by atoms with Gasteiger partial charge in [0.05, 0.1) is 22.6 Å². The fourth-order valence-electron chi connectivity index (χ4n) is 4.47. The molecule has 0 unspecified atom stereocenters. The summed E-state index contributed by atoms with van der Waals surface area (Å²) in [6.07, 6.45) is 1.66. The van der Waals surface area contributed by atoms with Gasteiger partial charge in [0, 0.05) is 16.1 Å². The quantitative estimate of drug-likeness (QED) is 0.0934. The zero-order chi connectivity index (χ0) is 32.5. The molecule has 0 saturated carbocycles. The Morgan fingerprint density at radius 1 is 0.913 bits per heavy atom. The van der Waals surface area contributed by atoms with Gasteiger partial charge in [0.2, 0.25) is 5.91 Å². The second-order valence-electron chi connectivity index (χ2n) is 10.6. The van der Waals surface area contributed by atoms with Gasteiger partial charge in [-0.15, -0.1) is 11.8 Å². The Balaban J connectivity index is 1.24. The number of carbonyl (C=O) groups is 3. The van der Waals surface area contributed by atoms with Crippen LogP contribution in [0.25, 0.3) is 16.3 Å². The van der Waals surface area contributed by atoms with Crippen LogP contribution in [0.4, 0.5) is 10.8 Å². The van der Waals surface area contributed by atoms with E-state index in [4.69, 9.17) is 4.74 Å². The van der Waals surface area contributed by atoms with Crippen molar-refractivity contribution in [3.8, 4) is 5.75 Å². The molecular formula is C36H34N4O4S2. The van der Waals surface area contributed by atoms with E-state index in [1.165, 1.54) is 28.7 Å². The molecular weight excluding hydrogens is 617 g/mol. The Hall–Kier alpha value is -4.93. The minimum absolute atomic E-state index is 0.104. The average Bonchev–Trinajstić information content (AvgIpc) is 3.46. The second kappa shape index (κ2) is 15.4. The molecule has 0 aliphatic heterocycles. The molecule has 234 valence electrons. The molecule has 3 N–H and O–H groups in total. The SMILES string of the molecule is CCOc1ccc2nc(NC(=O)CSc3cccc(NC(=O)/C(=C\c4ccc(C(C)C)cc4)NC(=O)c4ccccc4)c3)sc2c1. The molecule has 0 aliphatic carbocycles. The maximum absolute atomic E-state index is 13.5. The summed E-state index contributed by atoms with van der Waals surface area (Å²) < 4.78 is 6.48. The van der Waals surface area contributed by atoms with E-state index in [2.05, 4.69) is 34.8 Å². The van der Waals surface area contributed by atoms with Crippen molar-refractivity contribution in [2.45, 2.75) is 31.6 Å². The summed E-state index contributed by atoms with van der Waals surface area (Å²) in [5, 5.41) is 9.05. The number of ether oxygens (including phenoxy) is 1. The summed E-state index contributed by atoms with van der Waals surface area (Å²) >= 11 is 2.73. The first-order valence-electron chi connectivity index (χ1n) is 14.8. The summed E-state index contributed by atoms with van der Waals surface area (Å²) in [5.41, 5.74) is 3.82. The van der Waals surface area contributed by atoms with E-state index in [9.17, 15) is 14.4 Å². The number of rotatable bonds is 12. The van der Waals surface area contributed by atoms with Gasteiger partial charge in [0.1, 0.15) is 11.4 Å². The largest absolute Gasteiger partial charge is 0.494 e. The van der Waals surface area contributed by atoms with Crippen molar-refractivity contribution in [3.05, 3.63) is 119 Å². The summed E-state index contributed by atoms with van der Waals surface area (Å²) in [7, 11) is 0. The van der Waals surface area contributed by atoms with Crippen LogP contribution in [-0.2, 0) is 9.59 Å². The van der Waals surface area contributed by atoms with Crippen LogP contribution < -0.4 is 20.7 Å². The molecule has 5 rings (SSSR count). The third kappa shape index (κ3) is 8.83. The summed E-state index contributed by atoms with van der Waals surface area (Å²) in [4.78, 5) is 44.5. The molecule has 1 aromatic heterocycles. The standard InChI is InChI=1S/C36H34N4O4S2/c1-4-44-28-17-18-30-32(21-28)46-36(39-30)40-33(41)22-45-29-12-8-11-27(20-29)37-35(43)31(38-34(42)26-9-6-5-7-10-26)19-24-13-15-25(16-14-24)23(2)3/h5-21,23H,4,22H2,1-3H3,(H,37,43)(H,38,42)(H,39,40,41)/b31-19+. The lowest BCUT2D eigenvalue weighted by Gasteiger charge is -2.12. The van der Waals surface area contributed by atoms with Crippen LogP contribution in [0.3, 0.4) is 0 Å². The number of thiazole rings is 1. The molecule has 0 bridgehead atoms. The molecule has 1 heterocycles. The van der Waals surface area contributed by atoms with Gasteiger partial charge >= 0.3 is 0 Å². The summed E-state index contributed by atoms with van der Waals surface area (Å²) in [5.74, 6) is 0.236. The van der Waals surface area contributed by atoms with Crippen molar-refractivity contribution in [2.24, 2.45) is 0 Å². The topological polar surface area (TPSA) is 109 Å². The molecule has 46 heavy (non-hydrogen) atoms. The first-order valence-corrected chi connectivity index (χ1v) is 16.6. The van der Waals surface area contributed by atoms with E-state index in [0.29, 0.717) is 28.9 Å². The predicted molar refractivity (Wildman–Crippen MR) is 188 cm³/mol. The van der Waals surface area contributed by atoms with E-state index < -0.39 is 5.91 Å². The van der Waals surface area contributed by atoms with Crippen LogP contribution in [0.2, 0.25) is 0 Å². The van der Waals surface area contributed by atoms with Crippen LogP contribution in [0, 0.1) is 0 Å². The van der Waals surface area contributed by atoms with Crippen molar-refractivity contribution in [3.63, 3.8) is 0 Å². The zero-order valence-electron chi connectivity index (χ0n) is 25.7. The summed E-state index contributed by atoms with van der Waals surface area (Å²) in [6, 6.07) is 29.5. The molecule has 0 aliphatic rings. The van der Waals surface area contributed by atoms with Crippen molar-refractivity contribution in [1.82, 2.24) is 10.3 Å². The van der Waals surface area contributed by atoms with E-state index in [0.717, 1.165) is 26.4 Å². The normalized spacial score (nSPS) is 11.3. The maximum Gasteiger partial charge on any atom is 0.272 e. The highest BCUT2D eigenvalue weighted by atomic mass is 32.2. The number of thioether (sulfide) groups is 1. The van der Waals surface area contributed by atoms with Gasteiger partial charge in [0.15, 0.2) is 5.13 Å². The first-order chi connectivity index (χ1) is 22.3. The smallest absolute Gasteiger partial charge is 0.272 e. The maximum atomic E-state index is 13.5. The Morgan fingerprint density at radius 2 is 1.70 bits per heavy atom. The van der Waals surface area contributed by atoms with Crippen LogP contribution in [0.15, 0.2) is 108 Å². The molecule has 0 fully saturated rings. The van der Waals surface area contributed by atoms with Crippen LogP contribution in [0.1, 0.15) is 48.2 Å². The number of amides is 3. The fourth-order valence-corrected chi connectivity index (χ4v) is 6.13. The third-order valence-corrected chi connectivity index (χ3v) is 8.75. The monoisotopic (exact) mass is 650 g/mol. The second-order valence-corrected chi connectivity index (χ2v) is 12.7. The molecule has 0 saturated heterocycles. The molecule has 3 amide bonds. The van der Waals surface area contributed by atoms with Gasteiger partial charge in [-0.3, -0.25) is 14.4 Å². The van der Waals surface area contributed by atoms with Gasteiger partial charge in [-0.1, -0.05) is 73.7 Å². The number of carbonyl (C=O) groups excluding carboxylic acids is 3.